The van der Waals surface area contributed by atoms with E-state index < -0.39 is 0 Å². The number of aromatic nitrogens is 2. The fourth-order valence-electron chi connectivity index (χ4n) is 2.65. The lowest BCUT2D eigenvalue weighted by Gasteiger charge is -2.22. The van der Waals surface area contributed by atoms with E-state index in [4.69, 9.17) is 0 Å². The number of anilines is 3. The number of rotatable bonds is 5. The van der Waals surface area contributed by atoms with Crippen LogP contribution in [0.5, 0.6) is 0 Å². The highest BCUT2D eigenvalue weighted by Crippen LogP contribution is 2.25. The third kappa shape index (κ3) is 5.14. The van der Waals surface area contributed by atoms with Crippen LogP contribution in [0.25, 0.3) is 11.3 Å². The fraction of sp³-hybridized carbons (Fsp3) is 0.227. The van der Waals surface area contributed by atoms with Gasteiger partial charge in [0.2, 0.25) is 5.95 Å². The molecule has 3 rings (SSSR count). The van der Waals surface area contributed by atoms with Crippen LogP contribution >= 0.6 is 0 Å². The third-order valence-corrected chi connectivity index (χ3v) is 3.82. The van der Waals surface area contributed by atoms with Crippen molar-refractivity contribution in [2.24, 2.45) is 0 Å². The van der Waals surface area contributed by atoms with Crippen LogP contribution in [0.3, 0.4) is 0 Å². The molecule has 1 heterocycles. The molecule has 0 unspecified atom stereocenters. The summed E-state index contributed by atoms with van der Waals surface area (Å²) >= 11 is 0. The van der Waals surface area contributed by atoms with E-state index in [2.05, 4.69) is 41.4 Å². The van der Waals surface area contributed by atoms with Crippen molar-refractivity contribution in [1.29, 1.82) is 0 Å². The van der Waals surface area contributed by atoms with Crippen molar-refractivity contribution in [3.8, 4) is 11.3 Å². The van der Waals surface area contributed by atoms with Crippen LogP contribution in [0.4, 0.5) is 17.5 Å². The molecule has 0 amide bonds. The van der Waals surface area contributed by atoms with Crippen molar-refractivity contribution in [1.82, 2.24) is 9.97 Å². The Kier molecular flexibility index (Phi) is 5.21. The second-order valence-corrected chi connectivity index (χ2v) is 7.47. The molecule has 0 saturated heterocycles. The molecule has 0 saturated carbocycles. The van der Waals surface area contributed by atoms with Crippen molar-refractivity contribution in [3.05, 3.63) is 66.2 Å². The van der Waals surface area contributed by atoms with Crippen molar-refractivity contribution in [2.75, 3.05) is 10.6 Å². The summed E-state index contributed by atoms with van der Waals surface area (Å²) in [6.45, 7) is 7.80. The minimum absolute atomic E-state index is 0.0210. The molecule has 0 bridgehead atoms. The van der Waals surface area contributed by atoms with Gasteiger partial charge < -0.3 is 10.6 Å². The van der Waals surface area contributed by atoms with E-state index in [1.54, 1.807) is 19.1 Å². The number of carbonyl (C=O) groups excluding carboxylic acids is 1. The Hall–Kier alpha value is -3.21. The number of nitrogens with one attached hydrogen (secondary N) is 2. The summed E-state index contributed by atoms with van der Waals surface area (Å²) in [7, 11) is 0. The average molecular weight is 360 g/mol. The van der Waals surface area contributed by atoms with Crippen molar-refractivity contribution in [2.45, 2.75) is 33.2 Å². The first-order valence-electron chi connectivity index (χ1n) is 8.91. The molecule has 0 spiro atoms. The number of Topliss-reactive ketones (excluding diaryl/α,β-unsaturated/α-hetero) is 1. The summed E-state index contributed by atoms with van der Waals surface area (Å²) in [4.78, 5) is 20.9. The van der Waals surface area contributed by atoms with Gasteiger partial charge in [0.05, 0.1) is 5.69 Å². The van der Waals surface area contributed by atoms with E-state index in [1.165, 1.54) is 0 Å². The zero-order valence-corrected chi connectivity index (χ0v) is 16.1. The molecule has 0 fully saturated rings. The highest BCUT2D eigenvalue weighted by molar-refractivity contribution is 5.95. The van der Waals surface area contributed by atoms with Crippen LogP contribution in [0.15, 0.2) is 60.7 Å². The van der Waals surface area contributed by atoms with Crippen LogP contribution in [-0.4, -0.2) is 21.3 Å². The molecule has 27 heavy (non-hydrogen) atoms. The molecule has 0 atom stereocenters. The van der Waals surface area contributed by atoms with Crippen molar-refractivity contribution in [3.63, 3.8) is 0 Å². The Labute approximate surface area is 159 Å². The number of nitrogens with zero attached hydrogens (tertiary/aromatic N) is 2. The predicted molar refractivity (Wildman–Crippen MR) is 111 cm³/mol. The molecule has 0 aliphatic rings. The summed E-state index contributed by atoms with van der Waals surface area (Å²) in [5.41, 5.74) is 3.12. The molecule has 5 heteroatoms. The maximum absolute atomic E-state index is 11.6. The second-order valence-electron chi connectivity index (χ2n) is 7.47. The SMILES string of the molecule is CC(=O)c1cccc(Nc2nc(NC(C)(C)C)cc(-c3ccccc3)n2)c1. The molecule has 5 nitrogen and oxygen atoms in total. The monoisotopic (exact) mass is 360 g/mol. The van der Waals surface area contributed by atoms with Gasteiger partial charge in [0.1, 0.15) is 5.82 Å². The molecule has 1 aromatic heterocycles. The number of benzene rings is 2. The number of ketones is 1. The van der Waals surface area contributed by atoms with Crippen molar-refractivity contribution < 1.29 is 4.79 Å². The van der Waals surface area contributed by atoms with Gasteiger partial charge in [0.25, 0.3) is 0 Å². The number of hydrogen-bond donors (Lipinski definition) is 2. The molecule has 0 aliphatic carbocycles. The van der Waals surface area contributed by atoms with Gasteiger partial charge in [0, 0.05) is 28.4 Å². The predicted octanol–water partition coefficient (Wildman–Crippen LogP) is 5.30. The van der Waals surface area contributed by atoms with Gasteiger partial charge in [-0.05, 0) is 39.8 Å². The van der Waals surface area contributed by atoms with Gasteiger partial charge in [-0.25, -0.2) is 4.98 Å². The zero-order valence-electron chi connectivity index (χ0n) is 16.1. The highest BCUT2D eigenvalue weighted by atomic mass is 16.1. The van der Waals surface area contributed by atoms with Crippen LogP contribution in [0.2, 0.25) is 0 Å². The number of carbonyl (C=O) groups is 1. The lowest BCUT2D eigenvalue weighted by Crippen LogP contribution is -2.26. The summed E-state index contributed by atoms with van der Waals surface area (Å²) < 4.78 is 0. The molecular weight excluding hydrogens is 336 g/mol. The summed E-state index contributed by atoms with van der Waals surface area (Å²) in [6.07, 6.45) is 0. The smallest absolute Gasteiger partial charge is 0.229 e. The Morgan fingerprint density at radius 1 is 0.926 bits per heavy atom. The lowest BCUT2D eigenvalue weighted by molar-refractivity contribution is 0.101. The molecule has 0 radical (unpaired) electrons. The topological polar surface area (TPSA) is 66.9 Å². The van der Waals surface area contributed by atoms with Gasteiger partial charge in [-0.3, -0.25) is 4.79 Å². The van der Waals surface area contributed by atoms with E-state index >= 15 is 0 Å². The fourth-order valence-corrected chi connectivity index (χ4v) is 2.65. The van der Waals surface area contributed by atoms with Gasteiger partial charge in [-0.2, -0.15) is 4.98 Å². The molecular formula is C22H24N4O. The van der Waals surface area contributed by atoms with Crippen molar-refractivity contribution >= 4 is 23.2 Å². The van der Waals surface area contributed by atoms with Crippen LogP contribution in [0, 0.1) is 0 Å². The van der Waals surface area contributed by atoms with Crippen LogP contribution in [0.1, 0.15) is 38.1 Å². The molecule has 2 aromatic carbocycles. The molecule has 138 valence electrons. The maximum atomic E-state index is 11.6. The third-order valence-electron chi connectivity index (χ3n) is 3.82. The van der Waals surface area contributed by atoms with E-state index in [9.17, 15) is 4.79 Å². The average Bonchev–Trinajstić information content (AvgIpc) is 2.61. The molecule has 3 aromatic rings. The van der Waals surface area contributed by atoms with E-state index in [-0.39, 0.29) is 11.3 Å². The van der Waals surface area contributed by atoms with E-state index in [1.807, 2.05) is 48.5 Å². The first-order chi connectivity index (χ1) is 12.8. The van der Waals surface area contributed by atoms with Crippen LogP contribution in [-0.2, 0) is 0 Å². The standard InChI is InChI=1S/C22H24N4O/c1-15(27)17-11-8-12-18(13-17)23-21-24-19(16-9-6-5-7-10-16)14-20(25-21)26-22(2,3)4/h5-14H,1-4H3,(H2,23,24,25,26). The summed E-state index contributed by atoms with van der Waals surface area (Å²) in [5, 5.41) is 6.62. The quantitative estimate of drug-likeness (QED) is 0.604. The normalized spacial score (nSPS) is 11.1. The van der Waals surface area contributed by atoms with Gasteiger partial charge in [-0.15, -0.1) is 0 Å². The van der Waals surface area contributed by atoms with E-state index in [0.29, 0.717) is 11.5 Å². The Balaban J connectivity index is 1.99. The van der Waals surface area contributed by atoms with Gasteiger partial charge >= 0.3 is 0 Å². The maximum Gasteiger partial charge on any atom is 0.229 e. The van der Waals surface area contributed by atoms with Crippen LogP contribution < -0.4 is 10.6 Å². The Morgan fingerprint density at radius 3 is 2.33 bits per heavy atom. The zero-order chi connectivity index (χ0) is 19.4. The van der Waals surface area contributed by atoms with Gasteiger partial charge in [-0.1, -0.05) is 42.5 Å². The van der Waals surface area contributed by atoms with E-state index in [0.717, 1.165) is 22.8 Å². The molecule has 2 N–H and O–H groups in total. The second kappa shape index (κ2) is 7.58. The molecule has 0 aliphatic heterocycles. The Morgan fingerprint density at radius 2 is 1.67 bits per heavy atom. The largest absolute Gasteiger partial charge is 0.365 e. The summed E-state index contributed by atoms with van der Waals surface area (Å²) in [5.74, 6) is 1.23. The van der Waals surface area contributed by atoms with Gasteiger partial charge in [0.15, 0.2) is 5.78 Å². The highest BCUT2D eigenvalue weighted by Gasteiger charge is 2.13. The first-order valence-corrected chi connectivity index (χ1v) is 8.91. The lowest BCUT2D eigenvalue weighted by atomic mass is 10.1. The Bertz CT molecular complexity index is 946. The first kappa shape index (κ1) is 18.6. The minimum Gasteiger partial charge on any atom is -0.365 e. The number of hydrogen-bond acceptors (Lipinski definition) is 5. The minimum atomic E-state index is -0.131. The summed E-state index contributed by atoms with van der Waals surface area (Å²) in [6, 6.07) is 19.3.